The zero-order valence-electron chi connectivity index (χ0n) is 56.3. The lowest BCUT2D eigenvalue weighted by atomic mass is 10.0. The maximum Gasteiger partial charge on any atom is 0.472 e. The molecule has 0 aromatic carbocycles. The average Bonchev–Trinajstić information content (AvgIpc) is 3.67. The summed E-state index contributed by atoms with van der Waals surface area (Å²) in [5, 5.41) is 0. The molecule has 0 amide bonds. The van der Waals surface area contributed by atoms with E-state index < -0.39 is 26.5 Å². The van der Waals surface area contributed by atoms with E-state index in [0.29, 0.717) is 17.4 Å². The van der Waals surface area contributed by atoms with Crippen molar-refractivity contribution >= 4 is 19.8 Å². The van der Waals surface area contributed by atoms with Crippen LogP contribution in [0.4, 0.5) is 0 Å². The van der Waals surface area contributed by atoms with Gasteiger partial charge in [-0.05, 0) is 109 Å². The number of unbranched alkanes of at least 4 members (excludes halogenated alkanes) is 30. The molecule has 0 aliphatic heterocycles. The fourth-order valence-electron chi connectivity index (χ4n) is 9.59. The van der Waals surface area contributed by atoms with Gasteiger partial charge in [-0.3, -0.25) is 18.6 Å². The van der Waals surface area contributed by atoms with E-state index in [1.807, 2.05) is 21.1 Å². The fourth-order valence-corrected chi connectivity index (χ4v) is 10.3. The molecule has 2 unspecified atom stereocenters. The van der Waals surface area contributed by atoms with Crippen LogP contribution in [0.2, 0.25) is 0 Å². The highest BCUT2D eigenvalue weighted by Crippen LogP contribution is 2.43. The van der Waals surface area contributed by atoms with Crippen molar-refractivity contribution in [3.63, 3.8) is 0 Å². The third-order valence-corrected chi connectivity index (χ3v) is 16.0. The smallest absolute Gasteiger partial charge is 0.462 e. The Balaban J connectivity index is 4.08. The maximum absolute atomic E-state index is 12.9. The Morgan fingerprint density at radius 2 is 0.663 bits per heavy atom. The van der Waals surface area contributed by atoms with Crippen LogP contribution < -0.4 is 0 Å². The predicted octanol–water partition coefficient (Wildman–Crippen LogP) is 23.0. The SMILES string of the molecule is CC/C=C\C/C=C\C/C=C\C/C=C\C/C=C\C/C=C\C/C=C\CCCCCCCCCC(=O)OC(COC(=O)CCCCCCCCCCCCCCCCCCCC/C=C\C/C=C\C/C=C\CCCCCCC)COP(=O)(O)OCC[N+](C)(C)C. The summed E-state index contributed by atoms with van der Waals surface area (Å²) in [7, 11) is 1.46. The van der Waals surface area contributed by atoms with Crippen molar-refractivity contribution in [1.82, 2.24) is 0 Å². The molecule has 10 heteroatoms. The number of nitrogens with zero attached hydrogens (tertiary/aromatic N) is 1. The summed E-state index contributed by atoms with van der Waals surface area (Å²) in [5.41, 5.74) is 0. The maximum atomic E-state index is 12.9. The molecule has 0 spiro atoms. The van der Waals surface area contributed by atoms with Gasteiger partial charge in [0.1, 0.15) is 19.8 Å². The van der Waals surface area contributed by atoms with Gasteiger partial charge < -0.3 is 18.9 Å². The van der Waals surface area contributed by atoms with Crippen molar-refractivity contribution in [3.8, 4) is 0 Å². The Bertz CT molecular complexity index is 1870. The standard InChI is InChI=1S/C76H132NO8P/c1-6-8-10-12-14-16-18-20-22-24-26-28-30-32-34-36-37-38-39-41-42-44-46-48-50-52-54-56-58-60-62-64-66-68-75(78)82-72-74(73-84-86(80,81)83-71-70-77(3,4)5)85-76(79)69-67-65-63-61-59-57-55-53-51-49-47-45-43-40-35-33-31-29-27-25-23-21-19-17-15-13-11-9-7-2/h9,11,15,17-18,20-21,23-24,26-27,29-30,32-33,35,43,45,49,51,74H,6-8,10,12-14,16,19,22,25,28,31,34,36-42,44,46-48,50,52-73H2,1-5H3/p+1/b11-9-,17-15-,20-18-,23-21-,26-24-,29-27-,32-30-,35-33-,45-43-,51-49-. The quantitative estimate of drug-likeness (QED) is 0.0211. The fraction of sp³-hybridized carbons (Fsp3) is 0.711. The van der Waals surface area contributed by atoms with E-state index in [2.05, 4.69) is 135 Å². The molecule has 0 fully saturated rings. The lowest BCUT2D eigenvalue weighted by Gasteiger charge is -2.24. The number of hydrogen-bond acceptors (Lipinski definition) is 7. The highest BCUT2D eigenvalue weighted by molar-refractivity contribution is 7.47. The number of esters is 2. The minimum atomic E-state index is -4.40. The minimum Gasteiger partial charge on any atom is -0.462 e. The molecule has 0 saturated carbocycles. The highest BCUT2D eigenvalue weighted by atomic mass is 31.2. The summed E-state index contributed by atoms with van der Waals surface area (Å²) in [6, 6.07) is 0. The second kappa shape index (κ2) is 65.8. The van der Waals surface area contributed by atoms with E-state index in [4.69, 9.17) is 18.5 Å². The second-order valence-corrected chi connectivity index (χ2v) is 26.0. The summed E-state index contributed by atoms with van der Waals surface area (Å²) >= 11 is 0. The van der Waals surface area contributed by atoms with E-state index in [1.165, 1.54) is 161 Å². The monoisotopic (exact) mass is 1220 g/mol. The van der Waals surface area contributed by atoms with Crippen molar-refractivity contribution in [2.24, 2.45) is 0 Å². The van der Waals surface area contributed by atoms with Crippen molar-refractivity contribution in [3.05, 3.63) is 122 Å². The molecule has 0 aliphatic carbocycles. The first kappa shape index (κ1) is 82.4. The van der Waals surface area contributed by atoms with Gasteiger partial charge in [0.15, 0.2) is 6.10 Å². The molecular formula is C76H133NO8P+. The molecule has 1 N–H and O–H groups in total. The van der Waals surface area contributed by atoms with Gasteiger partial charge in [0.05, 0.1) is 27.7 Å². The number of phosphoric ester groups is 1. The zero-order valence-corrected chi connectivity index (χ0v) is 57.2. The van der Waals surface area contributed by atoms with Crippen LogP contribution in [0.25, 0.3) is 0 Å². The minimum absolute atomic E-state index is 0.0243. The molecular weight excluding hydrogens is 1090 g/mol. The molecule has 0 bridgehead atoms. The Morgan fingerprint density at radius 1 is 0.372 bits per heavy atom. The van der Waals surface area contributed by atoms with Crippen LogP contribution >= 0.6 is 7.82 Å². The third kappa shape index (κ3) is 69.5. The number of quaternary nitrogens is 1. The van der Waals surface area contributed by atoms with Crippen molar-refractivity contribution in [2.75, 3.05) is 47.5 Å². The van der Waals surface area contributed by atoms with Gasteiger partial charge in [0.25, 0.3) is 0 Å². The molecule has 2 atom stereocenters. The van der Waals surface area contributed by atoms with Crippen LogP contribution in [-0.4, -0.2) is 74.9 Å². The van der Waals surface area contributed by atoms with Gasteiger partial charge in [-0.25, -0.2) is 4.57 Å². The highest BCUT2D eigenvalue weighted by Gasteiger charge is 2.27. The molecule has 0 aromatic rings. The van der Waals surface area contributed by atoms with Crippen LogP contribution in [0.3, 0.4) is 0 Å². The van der Waals surface area contributed by atoms with E-state index in [0.717, 1.165) is 103 Å². The van der Waals surface area contributed by atoms with E-state index in [1.54, 1.807) is 0 Å². The molecule has 0 heterocycles. The largest absolute Gasteiger partial charge is 0.472 e. The Hall–Kier alpha value is -3.59. The summed E-state index contributed by atoms with van der Waals surface area (Å²) in [6.45, 7) is 4.31. The number of phosphoric acid groups is 1. The summed E-state index contributed by atoms with van der Waals surface area (Å²) < 4.78 is 34.7. The number of ether oxygens (including phenoxy) is 2. The van der Waals surface area contributed by atoms with Crippen LogP contribution in [0.15, 0.2) is 122 Å². The number of allylic oxidation sites excluding steroid dienone is 20. The molecule has 494 valence electrons. The number of rotatable bonds is 64. The predicted molar refractivity (Wildman–Crippen MR) is 371 cm³/mol. The number of carbonyl (C=O) groups excluding carboxylic acids is 2. The topological polar surface area (TPSA) is 108 Å². The summed E-state index contributed by atoms with van der Waals surface area (Å²) in [5.74, 6) is -0.808. The van der Waals surface area contributed by atoms with Crippen molar-refractivity contribution < 1.29 is 42.1 Å². The molecule has 0 aromatic heterocycles. The second-order valence-electron chi connectivity index (χ2n) is 24.5. The molecule has 0 aliphatic rings. The first-order chi connectivity index (χ1) is 42.0. The lowest BCUT2D eigenvalue weighted by molar-refractivity contribution is -0.870. The van der Waals surface area contributed by atoms with Gasteiger partial charge in [0, 0.05) is 12.8 Å². The van der Waals surface area contributed by atoms with Gasteiger partial charge in [-0.1, -0.05) is 296 Å². The Kier molecular flexibility index (Phi) is 63.1. The number of likely N-dealkylation sites (N-methyl/N-ethyl adjacent to an activating group) is 1. The first-order valence-corrected chi connectivity index (χ1v) is 36.8. The zero-order chi connectivity index (χ0) is 62.6. The lowest BCUT2D eigenvalue weighted by Crippen LogP contribution is -2.37. The number of carbonyl (C=O) groups is 2. The molecule has 0 rings (SSSR count). The Labute approximate surface area is 530 Å². The van der Waals surface area contributed by atoms with Gasteiger partial charge in [0.2, 0.25) is 0 Å². The number of hydrogen-bond donors (Lipinski definition) is 1. The first-order valence-electron chi connectivity index (χ1n) is 35.3. The van der Waals surface area contributed by atoms with Gasteiger partial charge in [-0.2, -0.15) is 0 Å². The summed E-state index contributed by atoms with van der Waals surface area (Å²) in [6.07, 6.45) is 94.4. The van der Waals surface area contributed by atoms with Crippen LogP contribution in [0, 0.1) is 0 Å². The molecule has 0 radical (unpaired) electrons. The normalized spacial score (nSPS) is 13.9. The van der Waals surface area contributed by atoms with Gasteiger partial charge in [-0.15, -0.1) is 0 Å². The molecule has 86 heavy (non-hydrogen) atoms. The van der Waals surface area contributed by atoms with Crippen LogP contribution in [-0.2, 0) is 32.7 Å². The average molecular weight is 1220 g/mol. The van der Waals surface area contributed by atoms with Gasteiger partial charge >= 0.3 is 19.8 Å². The van der Waals surface area contributed by atoms with Crippen LogP contribution in [0.1, 0.15) is 296 Å². The van der Waals surface area contributed by atoms with Crippen molar-refractivity contribution in [2.45, 2.75) is 302 Å². The van der Waals surface area contributed by atoms with E-state index >= 15 is 0 Å². The third-order valence-electron chi connectivity index (χ3n) is 15.0. The van der Waals surface area contributed by atoms with Crippen LogP contribution in [0.5, 0.6) is 0 Å². The molecule has 0 saturated heterocycles. The van der Waals surface area contributed by atoms with Crippen molar-refractivity contribution in [1.29, 1.82) is 0 Å². The van der Waals surface area contributed by atoms with E-state index in [9.17, 15) is 19.0 Å². The van der Waals surface area contributed by atoms with E-state index in [-0.39, 0.29) is 32.0 Å². The summed E-state index contributed by atoms with van der Waals surface area (Å²) in [4.78, 5) is 35.9. The Morgan fingerprint density at radius 3 is 0.988 bits per heavy atom. The molecule has 9 nitrogen and oxygen atoms in total.